The molecule has 0 aliphatic carbocycles. The van der Waals surface area contributed by atoms with Crippen molar-refractivity contribution in [1.82, 2.24) is 14.5 Å². The molecular formula is C16H15N3O. The molecule has 0 aliphatic heterocycles. The van der Waals surface area contributed by atoms with Crippen LogP contribution in [0.1, 0.15) is 21.7 Å². The van der Waals surface area contributed by atoms with Gasteiger partial charge in [-0.3, -0.25) is 4.79 Å². The molecular weight excluding hydrogens is 250 g/mol. The zero-order valence-corrected chi connectivity index (χ0v) is 11.7. The Hall–Kier alpha value is -2.49. The lowest BCUT2D eigenvalue weighted by Gasteiger charge is -2.06. The fourth-order valence-electron chi connectivity index (χ4n) is 2.50. The van der Waals surface area contributed by atoms with Crippen LogP contribution in [0.4, 0.5) is 0 Å². The maximum absolute atomic E-state index is 11.3. The number of hydrogen-bond donors (Lipinski definition) is 0. The van der Waals surface area contributed by atoms with Crippen LogP contribution in [-0.2, 0) is 7.05 Å². The minimum Gasteiger partial charge on any atom is -0.335 e. The molecule has 0 spiro atoms. The Kier molecular flexibility index (Phi) is 2.86. The van der Waals surface area contributed by atoms with Gasteiger partial charge in [-0.25, -0.2) is 9.97 Å². The van der Waals surface area contributed by atoms with Crippen LogP contribution in [0.3, 0.4) is 0 Å². The second kappa shape index (κ2) is 4.56. The Labute approximate surface area is 117 Å². The van der Waals surface area contributed by atoms with Gasteiger partial charge in [0.05, 0.1) is 11.1 Å². The topological polar surface area (TPSA) is 47.8 Å². The zero-order valence-electron chi connectivity index (χ0n) is 11.7. The fraction of sp³-hybridized carbons (Fsp3) is 0.188. The van der Waals surface area contributed by atoms with Gasteiger partial charge in [0.1, 0.15) is 11.5 Å². The number of fused-ring (bicyclic) bond motifs is 1. The molecule has 0 atom stereocenters. The molecule has 4 nitrogen and oxygen atoms in total. The highest BCUT2D eigenvalue weighted by molar-refractivity contribution is 6.03. The van der Waals surface area contributed by atoms with Gasteiger partial charge in [0, 0.05) is 24.4 Å². The molecule has 0 fully saturated rings. The summed E-state index contributed by atoms with van der Waals surface area (Å²) in [6.07, 6.45) is 2.66. The molecule has 100 valence electrons. The van der Waals surface area contributed by atoms with Gasteiger partial charge in [-0.2, -0.15) is 0 Å². The summed E-state index contributed by atoms with van der Waals surface area (Å²) >= 11 is 0. The van der Waals surface area contributed by atoms with Crippen molar-refractivity contribution in [2.75, 3.05) is 0 Å². The van der Waals surface area contributed by atoms with E-state index in [1.54, 1.807) is 6.20 Å². The molecule has 4 heteroatoms. The van der Waals surface area contributed by atoms with E-state index in [-0.39, 0.29) is 0 Å². The Morgan fingerprint density at radius 2 is 2.00 bits per heavy atom. The van der Waals surface area contributed by atoms with Crippen molar-refractivity contribution >= 4 is 17.3 Å². The molecule has 2 aromatic heterocycles. The van der Waals surface area contributed by atoms with Gasteiger partial charge in [-0.1, -0.05) is 23.8 Å². The first-order chi connectivity index (χ1) is 9.60. The monoisotopic (exact) mass is 265 g/mol. The summed E-state index contributed by atoms with van der Waals surface area (Å²) in [6.45, 7) is 3.91. The third-order valence-electron chi connectivity index (χ3n) is 3.38. The first kappa shape index (κ1) is 12.5. The number of carbonyl (C=O) groups is 1. The molecule has 3 rings (SSSR count). The second-order valence-electron chi connectivity index (χ2n) is 5.00. The van der Waals surface area contributed by atoms with Crippen LogP contribution in [0, 0.1) is 13.8 Å². The lowest BCUT2D eigenvalue weighted by atomic mass is 10.0. The van der Waals surface area contributed by atoms with Crippen LogP contribution in [0.5, 0.6) is 0 Å². The fourth-order valence-corrected chi connectivity index (χ4v) is 2.50. The predicted molar refractivity (Wildman–Crippen MR) is 78.8 cm³/mol. The summed E-state index contributed by atoms with van der Waals surface area (Å²) in [4.78, 5) is 20.3. The number of carbonyl (C=O) groups excluding carboxylic acids is 1. The molecule has 0 N–H and O–H groups in total. The Morgan fingerprint density at radius 3 is 2.70 bits per heavy atom. The van der Waals surface area contributed by atoms with Gasteiger partial charge in [0.2, 0.25) is 0 Å². The highest BCUT2D eigenvalue weighted by atomic mass is 16.1. The van der Waals surface area contributed by atoms with Gasteiger partial charge in [-0.15, -0.1) is 0 Å². The summed E-state index contributed by atoms with van der Waals surface area (Å²) in [5, 5.41) is 0.818. The molecule has 0 unspecified atom stereocenters. The van der Waals surface area contributed by atoms with Gasteiger partial charge in [-0.05, 0) is 19.9 Å². The Bertz CT molecular complexity index is 818. The van der Waals surface area contributed by atoms with Crippen molar-refractivity contribution in [3.05, 3.63) is 47.4 Å². The van der Waals surface area contributed by atoms with Crippen LogP contribution < -0.4 is 0 Å². The van der Waals surface area contributed by atoms with Gasteiger partial charge in [0.25, 0.3) is 0 Å². The first-order valence-electron chi connectivity index (χ1n) is 6.46. The maximum Gasteiger partial charge on any atom is 0.152 e. The van der Waals surface area contributed by atoms with Crippen LogP contribution in [0.15, 0.2) is 30.5 Å². The van der Waals surface area contributed by atoms with E-state index >= 15 is 0 Å². The summed E-state index contributed by atoms with van der Waals surface area (Å²) in [5.74, 6) is 0.702. The van der Waals surface area contributed by atoms with E-state index in [2.05, 4.69) is 16.0 Å². The smallest absolute Gasteiger partial charge is 0.152 e. The molecule has 20 heavy (non-hydrogen) atoms. The van der Waals surface area contributed by atoms with Crippen molar-refractivity contribution in [3.8, 4) is 11.3 Å². The van der Waals surface area contributed by atoms with Crippen LogP contribution in [0.25, 0.3) is 22.3 Å². The van der Waals surface area contributed by atoms with E-state index in [4.69, 9.17) is 0 Å². The number of nitrogens with zero attached hydrogens (tertiary/aromatic N) is 3. The highest BCUT2D eigenvalue weighted by Crippen LogP contribution is 2.29. The third-order valence-corrected chi connectivity index (χ3v) is 3.38. The summed E-state index contributed by atoms with van der Waals surface area (Å²) < 4.78 is 1.87. The van der Waals surface area contributed by atoms with E-state index in [1.165, 1.54) is 0 Å². The molecule has 3 aromatic rings. The number of aromatic nitrogens is 3. The number of aldehydes is 1. The quantitative estimate of drug-likeness (QED) is 0.669. The second-order valence-corrected chi connectivity index (χ2v) is 5.00. The molecule has 0 saturated heterocycles. The summed E-state index contributed by atoms with van der Waals surface area (Å²) in [6, 6.07) is 8.12. The molecule has 0 aliphatic rings. The summed E-state index contributed by atoms with van der Waals surface area (Å²) in [5.41, 5.74) is 4.40. The average Bonchev–Trinajstić information content (AvgIpc) is 2.75. The largest absolute Gasteiger partial charge is 0.335 e. The molecule has 1 aromatic carbocycles. The van der Waals surface area contributed by atoms with Gasteiger partial charge in [0.15, 0.2) is 6.29 Å². The SMILES string of the molecule is Cc1cccc(-c2nc(C)nc3c2c(C=O)cn3C)c1. The normalized spacial score (nSPS) is 10.9. The van der Waals surface area contributed by atoms with Crippen molar-refractivity contribution in [2.24, 2.45) is 7.05 Å². The molecule has 0 saturated carbocycles. The first-order valence-corrected chi connectivity index (χ1v) is 6.46. The highest BCUT2D eigenvalue weighted by Gasteiger charge is 2.15. The van der Waals surface area contributed by atoms with Crippen molar-refractivity contribution in [1.29, 1.82) is 0 Å². The van der Waals surface area contributed by atoms with Gasteiger partial charge < -0.3 is 4.57 Å². The lowest BCUT2D eigenvalue weighted by Crippen LogP contribution is -1.96. The van der Waals surface area contributed by atoms with Gasteiger partial charge >= 0.3 is 0 Å². The minimum atomic E-state index is 0.624. The van der Waals surface area contributed by atoms with Crippen LogP contribution >= 0.6 is 0 Å². The van der Waals surface area contributed by atoms with Crippen LogP contribution in [0.2, 0.25) is 0 Å². The predicted octanol–water partition coefficient (Wildman–Crippen LogP) is 3.06. The third kappa shape index (κ3) is 1.90. The number of aryl methyl sites for hydroxylation is 3. The minimum absolute atomic E-state index is 0.624. The molecule has 0 radical (unpaired) electrons. The number of benzene rings is 1. The maximum atomic E-state index is 11.3. The molecule has 0 bridgehead atoms. The number of hydrogen-bond acceptors (Lipinski definition) is 3. The van der Waals surface area contributed by atoms with E-state index < -0.39 is 0 Å². The van der Waals surface area contributed by atoms with E-state index in [9.17, 15) is 4.79 Å². The molecule has 0 amide bonds. The van der Waals surface area contributed by atoms with E-state index in [1.807, 2.05) is 43.7 Å². The summed E-state index contributed by atoms with van der Waals surface area (Å²) in [7, 11) is 1.89. The van der Waals surface area contributed by atoms with Crippen molar-refractivity contribution in [2.45, 2.75) is 13.8 Å². The molecule has 2 heterocycles. The lowest BCUT2D eigenvalue weighted by molar-refractivity contribution is 0.112. The zero-order chi connectivity index (χ0) is 14.3. The van der Waals surface area contributed by atoms with Crippen molar-refractivity contribution < 1.29 is 4.79 Å². The average molecular weight is 265 g/mol. The van der Waals surface area contributed by atoms with Crippen molar-refractivity contribution in [3.63, 3.8) is 0 Å². The number of rotatable bonds is 2. The standard InChI is InChI=1S/C16H15N3O/c1-10-5-4-6-12(7-10)15-14-13(9-20)8-19(3)16(14)18-11(2)17-15/h4-9H,1-3H3. The van der Waals surface area contributed by atoms with E-state index in [0.29, 0.717) is 11.4 Å². The van der Waals surface area contributed by atoms with E-state index in [0.717, 1.165) is 34.1 Å². The Morgan fingerprint density at radius 1 is 1.20 bits per heavy atom. The van der Waals surface area contributed by atoms with Crippen LogP contribution in [-0.4, -0.2) is 20.8 Å². The Balaban J connectivity index is 2.42.